The summed E-state index contributed by atoms with van der Waals surface area (Å²) in [4.78, 5) is 14.5. The quantitative estimate of drug-likeness (QED) is 0.838. The molecule has 7 heteroatoms. The normalized spacial score (nSPS) is 21.7. The molecular weight excluding hydrogens is 256 g/mol. The largest absolute Gasteiger partial charge is 0.478 e. The Morgan fingerprint density at radius 2 is 2.28 bits per heavy atom. The van der Waals surface area contributed by atoms with Crippen molar-refractivity contribution in [2.45, 2.75) is 18.1 Å². The molecule has 0 saturated carbocycles. The molecule has 2 heterocycles. The molecule has 0 aromatic carbocycles. The zero-order valence-corrected chi connectivity index (χ0v) is 10.5. The summed E-state index contributed by atoms with van der Waals surface area (Å²) in [7, 11) is -2.96. The number of pyridine rings is 1. The molecule has 1 atom stereocenters. The van der Waals surface area contributed by atoms with Crippen LogP contribution in [-0.2, 0) is 9.84 Å². The van der Waals surface area contributed by atoms with E-state index < -0.39 is 15.8 Å². The monoisotopic (exact) mass is 270 g/mol. The van der Waals surface area contributed by atoms with Crippen molar-refractivity contribution in [3.05, 3.63) is 23.9 Å². The lowest BCUT2D eigenvalue weighted by Gasteiger charge is -2.11. The molecule has 2 N–H and O–H groups in total. The molecule has 6 nitrogen and oxygen atoms in total. The van der Waals surface area contributed by atoms with Crippen LogP contribution in [0.15, 0.2) is 18.3 Å². The van der Waals surface area contributed by atoms with E-state index in [2.05, 4.69) is 10.3 Å². The van der Waals surface area contributed by atoms with E-state index in [0.29, 0.717) is 25.2 Å². The number of hydrogen-bond acceptors (Lipinski definition) is 5. The molecule has 1 aliphatic heterocycles. The van der Waals surface area contributed by atoms with Crippen LogP contribution in [0, 0.1) is 0 Å². The molecule has 0 radical (unpaired) electrons. The lowest BCUT2D eigenvalue weighted by molar-refractivity contribution is 0.0696. The molecule has 1 fully saturated rings. The van der Waals surface area contributed by atoms with E-state index in [1.54, 1.807) is 0 Å². The first-order valence-electron chi connectivity index (χ1n) is 5.64. The minimum absolute atomic E-state index is 0.106. The Morgan fingerprint density at radius 3 is 2.78 bits per heavy atom. The zero-order chi connectivity index (χ0) is 13.2. The van der Waals surface area contributed by atoms with Gasteiger partial charge in [-0.25, -0.2) is 18.2 Å². The second-order valence-corrected chi connectivity index (χ2v) is 6.65. The van der Waals surface area contributed by atoms with Gasteiger partial charge in [-0.1, -0.05) is 0 Å². The minimum atomic E-state index is -2.96. The van der Waals surface area contributed by atoms with Crippen LogP contribution in [0.1, 0.15) is 23.2 Å². The zero-order valence-electron chi connectivity index (χ0n) is 9.67. The van der Waals surface area contributed by atoms with Gasteiger partial charge in [0.1, 0.15) is 5.82 Å². The predicted molar refractivity (Wildman–Crippen MR) is 66.5 cm³/mol. The Balaban J connectivity index is 1.96. The summed E-state index contributed by atoms with van der Waals surface area (Å²) >= 11 is 0. The van der Waals surface area contributed by atoms with E-state index in [-0.39, 0.29) is 16.6 Å². The molecule has 0 spiro atoms. The lowest BCUT2D eigenvalue weighted by Crippen LogP contribution is -2.25. The molecule has 1 unspecified atom stereocenters. The van der Waals surface area contributed by atoms with E-state index in [1.807, 2.05) is 0 Å². The molecule has 2 rings (SSSR count). The molecule has 1 saturated heterocycles. The first-order chi connectivity index (χ1) is 8.49. The lowest BCUT2D eigenvalue weighted by atomic mass is 10.2. The van der Waals surface area contributed by atoms with Crippen LogP contribution in [-0.4, -0.2) is 42.0 Å². The van der Waals surface area contributed by atoms with Crippen LogP contribution in [0.3, 0.4) is 0 Å². The number of carboxylic acid groups (broad SMARTS) is 1. The third-order valence-electron chi connectivity index (χ3n) is 2.98. The standard InChI is InChI=1S/C11H14N2O4S/c14-11(15)8-3-4-10(12-6-8)13-7-9-2-1-5-18(9,16)17/h3-4,6,9H,1-2,5,7H2,(H,12,13)(H,14,15). The molecule has 18 heavy (non-hydrogen) atoms. The van der Waals surface area contributed by atoms with Crippen LogP contribution in [0.5, 0.6) is 0 Å². The number of nitrogens with one attached hydrogen (secondary N) is 1. The second kappa shape index (κ2) is 4.93. The van der Waals surface area contributed by atoms with E-state index in [9.17, 15) is 13.2 Å². The fourth-order valence-electron chi connectivity index (χ4n) is 1.93. The van der Waals surface area contributed by atoms with Gasteiger partial charge < -0.3 is 10.4 Å². The molecule has 0 aliphatic carbocycles. The Kier molecular flexibility index (Phi) is 3.51. The molecular formula is C11H14N2O4S. The van der Waals surface area contributed by atoms with Gasteiger partial charge >= 0.3 is 5.97 Å². The number of hydrogen-bond donors (Lipinski definition) is 2. The average Bonchev–Trinajstić information content (AvgIpc) is 2.66. The van der Waals surface area contributed by atoms with Crippen molar-refractivity contribution < 1.29 is 18.3 Å². The molecule has 1 aromatic rings. The highest BCUT2D eigenvalue weighted by Crippen LogP contribution is 2.20. The van der Waals surface area contributed by atoms with Gasteiger partial charge in [0, 0.05) is 12.7 Å². The van der Waals surface area contributed by atoms with Gasteiger partial charge in [-0.2, -0.15) is 0 Å². The van der Waals surface area contributed by atoms with Crippen molar-refractivity contribution in [1.29, 1.82) is 0 Å². The van der Waals surface area contributed by atoms with Gasteiger partial charge in [0.05, 0.1) is 16.6 Å². The maximum absolute atomic E-state index is 11.6. The highest BCUT2D eigenvalue weighted by atomic mass is 32.2. The third-order valence-corrected chi connectivity index (χ3v) is 5.26. The van der Waals surface area contributed by atoms with E-state index in [1.165, 1.54) is 18.3 Å². The Bertz CT molecular complexity index is 539. The van der Waals surface area contributed by atoms with Gasteiger partial charge in [-0.15, -0.1) is 0 Å². The number of carboxylic acids is 1. The van der Waals surface area contributed by atoms with Crippen molar-refractivity contribution in [3.8, 4) is 0 Å². The topological polar surface area (TPSA) is 96.4 Å². The summed E-state index contributed by atoms with van der Waals surface area (Å²) in [5, 5.41) is 11.3. The SMILES string of the molecule is O=C(O)c1ccc(NCC2CCCS2(=O)=O)nc1. The van der Waals surface area contributed by atoms with Crippen molar-refractivity contribution in [2.75, 3.05) is 17.6 Å². The second-order valence-electron chi connectivity index (χ2n) is 4.25. The third kappa shape index (κ3) is 2.79. The summed E-state index contributed by atoms with van der Waals surface area (Å²) in [5.74, 6) is -0.292. The van der Waals surface area contributed by atoms with Crippen molar-refractivity contribution in [3.63, 3.8) is 0 Å². The number of nitrogens with zero attached hydrogens (tertiary/aromatic N) is 1. The Hall–Kier alpha value is -1.63. The summed E-state index contributed by atoms with van der Waals surface area (Å²) in [6, 6.07) is 2.96. The number of aromatic nitrogens is 1. The summed E-state index contributed by atoms with van der Waals surface area (Å²) in [6.07, 6.45) is 2.62. The minimum Gasteiger partial charge on any atom is -0.478 e. The van der Waals surface area contributed by atoms with Gasteiger partial charge in [0.15, 0.2) is 9.84 Å². The summed E-state index contributed by atoms with van der Waals surface area (Å²) in [5.41, 5.74) is 0.106. The summed E-state index contributed by atoms with van der Waals surface area (Å²) in [6.45, 7) is 0.321. The molecule has 0 bridgehead atoms. The van der Waals surface area contributed by atoms with Crippen LogP contribution in [0.4, 0.5) is 5.82 Å². The maximum Gasteiger partial charge on any atom is 0.337 e. The van der Waals surface area contributed by atoms with Crippen molar-refractivity contribution in [2.24, 2.45) is 0 Å². The number of aromatic carboxylic acids is 1. The molecule has 98 valence electrons. The van der Waals surface area contributed by atoms with Crippen LogP contribution >= 0.6 is 0 Å². The molecule has 1 aliphatic rings. The Labute approximate surface area is 105 Å². The number of sulfone groups is 1. The van der Waals surface area contributed by atoms with E-state index in [0.717, 1.165) is 0 Å². The van der Waals surface area contributed by atoms with E-state index >= 15 is 0 Å². The fraction of sp³-hybridized carbons (Fsp3) is 0.455. The first-order valence-corrected chi connectivity index (χ1v) is 7.35. The van der Waals surface area contributed by atoms with Gasteiger partial charge in [0.25, 0.3) is 0 Å². The van der Waals surface area contributed by atoms with Gasteiger partial charge in [-0.05, 0) is 25.0 Å². The maximum atomic E-state index is 11.6. The van der Waals surface area contributed by atoms with Crippen LogP contribution in [0.25, 0.3) is 0 Å². The first kappa shape index (κ1) is 12.8. The summed E-state index contributed by atoms with van der Waals surface area (Å²) < 4.78 is 23.2. The predicted octanol–water partition coefficient (Wildman–Crippen LogP) is 0.769. The Morgan fingerprint density at radius 1 is 1.50 bits per heavy atom. The number of anilines is 1. The van der Waals surface area contributed by atoms with Crippen molar-refractivity contribution in [1.82, 2.24) is 4.98 Å². The smallest absolute Gasteiger partial charge is 0.337 e. The van der Waals surface area contributed by atoms with Crippen LogP contribution in [0.2, 0.25) is 0 Å². The molecule has 1 aromatic heterocycles. The fourth-order valence-corrected chi connectivity index (χ4v) is 3.70. The van der Waals surface area contributed by atoms with Gasteiger partial charge in [0.2, 0.25) is 0 Å². The van der Waals surface area contributed by atoms with E-state index in [4.69, 9.17) is 5.11 Å². The molecule has 0 amide bonds. The van der Waals surface area contributed by atoms with Gasteiger partial charge in [-0.3, -0.25) is 0 Å². The number of carbonyl (C=O) groups is 1. The van der Waals surface area contributed by atoms with Crippen molar-refractivity contribution >= 4 is 21.6 Å². The number of rotatable bonds is 4. The highest BCUT2D eigenvalue weighted by molar-refractivity contribution is 7.92. The average molecular weight is 270 g/mol. The highest BCUT2D eigenvalue weighted by Gasteiger charge is 2.30. The van der Waals surface area contributed by atoms with Crippen LogP contribution < -0.4 is 5.32 Å².